The van der Waals surface area contributed by atoms with Crippen LogP contribution in [-0.4, -0.2) is 0 Å². The fraction of sp³-hybridized carbons (Fsp3) is 0.0769. The molecule has 2 aromatic carbocycles. The first kappa shape index (κ1) is 15.3. The van der Waals surface area contributed by atoms with E-state index < -0.39 is 34.6 Å². The van der Waals surface area contributed by atoms with E-state index in [1.165, 1.54) is 18.2 Å². The van der Waals surface area contributed by atoms with Crippen molar-refractivity contribution in [1.29, 1.82) is 0 Å². The fourth-order valence-corrected chi connectivity index (χ4v) is 2.50. The van der Waals surface area contributed by atoms with Gasteiger partial charge in [0.25, 0.3) is 0 Å². The maximum atomic E-state index is 13.7. The van der Waals surface area contributed by atoms with E-state index in [9.17, 15) is 22.0 Å². The Balaban J connectivity index is 2.76. The molecule has 0 aliphatic rings. The first-order valence-corrected chi connectivity index (χ1v) is 6.74. The molecule has 0 nitrogen and oxygen atoms in total. The smallest absolute Gasteiger partial charge is 0.200 e. The molecule has 20 heavy (non-hydrogen) atoms. The maximum Gasteiger partial charge on any atom is 0.200 e. The summed E-state index contributed by atoms with van der Waals surface area (Å²) in [6.07, 6.45) is 0. The van der Waals surface area contributed by atoms with Gasteiger partial charge >= 0.3 is 0 Å². The predicted molar refractivity (Wildman–Crippen MR) is 69.3 cm³/mol. The molecule has 0 fully saturated rings. The summed E-state index contributed by atoms with van der Waals surface area (Å²) in [5.41, 5.74) is -0.648. The van der Waals surface area contributed by atoms with Crippen LogP contribution in [0.15, 0.2) is 18.2 Å². The number of halogens is 7. The Hall–Kier alpha value is -1.14. The average Bonchev–Trinajstić information content (AvgIpc) is 2.45. The lowest BCUT2D eigenvalue weighted by atomic mass is 10.0. The topological polar surface area (TPSA) is 0 Å². The van der Waals surface area contributed by atoms with Gasteiger partial charge in [0.05, 0.1) is 5.56 Å². The SMILES string of the molecule is Fc1c(F)c(F)c(-c2ccc(Cl)c(CBr)c2)c(F)c1F. The van der Waals surface area contributed by atoms with Crippen molar-refractivity contribution in [3.63, 3.8) is 0 Å². The van der Waals surface area contributed by atoms with E-state index >= 15 is 0 Å². The zero-order chi connectivity index (χ0) is 15.0. The quantitative estimate of drug-likeness (QED) is 0.279. The van der Waals surface area contributed by atoms with Crippen molar-refractivity contribution in [3.8, 4) is 11.1 Å². The highest BCUT2D eigenvalue weighted by Gasteiger charge is 2.26. The molecule has 0 heterocycles. The summed E-state index contributed by atoms with van der Waals surface area (Å²) in [5.74, 6) is -9.88. The van der Waals surface area contributed by atoms with E-state index in [-0.39, 0.29) is 10.9 Å². The zero-order valence-electron chi connectivity index (χ0n) is 9.58. The maximum absolute atomic E-state index is 13.7. The first-order valence-electron chi connectivity index (χ1n) is 5.24. The molecule has 0 spiro atoms. The van der Waals surface area contributed by atoms with Crippen LogP contribution in [0.2, 0.25) is 5.02 Å². The van der Waals surface area contributed by atoms with Crippen LogP contribution in [0.4, 0.5) is 22.0 Å². The minimum Gasteiger partial charge on any atom is -0.203 e. The monoisotopic (exact) mass is 370 g/mol. The van der Waals surface area contributed by atoms with Gasteiger partial charge in [-0.1, -0.05) is 33.6 Å². The largest absolute Gasteiger partial charge is 0.203 e. The molecule has 0 aromatic heterocycles. The molecule has 2 aromatic rings. The van der Waals surface area contributed by atoms with Gasteiger partial charge in [-0.15, -0.1) is 0 Å². The molecule has 0 radical (unpaired) electrons. The molecule has 0 saturated carbocycles. The van der Waals surface area contributed by atoms with Gasteiger partial charge in [0.1, 0.15) is 0 Å². The minimum atomic E-state index is -2.18. The van der Waals surface area contributed by atoms with Crippen LogP contribution in [0.5, 0.6) is 0 Å². The standard InChI is InChI=1S/C13H5BrClF5/c14-4-6-3-5(1-2-7(6)15)8-9(16)11(18)13(20)12(19)10(8)17/h1-3H,4H2. The number of alkyl halides is 1. The normalized spacial score (nSPS) is 10.9. The van der Waals surface area contributed by atoms with Crippen molar-refractivity contribution >= 4 is 27.5 Å². The summed E-state index contributed by atoms with van der Waals surface area (Å²) in [7, 11) is 0. The third kappa shape index (κ3) is 2.42. The van der Waals surface area contributed by atoms with Gasteiger partial charge in [-0.3, -0.25) is 0 Å². The van der Waals surface area contributed by atoms with Gasteiger partial charge in [0.2, 0.25) is 5.82 Å². The highest BCUT2D eigenvalue weighted by atomic mass is 79.9. The van der Waals surface area contributed by atoms with Gasteiger partial charge in [0, 0.05) is 10.4 Å². The Morgan fingerprint density at radius 2 is 1.35 bits per heavy atom. The van der Waals surface area contributed by atoms with Crippen molar-refractivity contribution in [2.24, 2.45) is 0 Å². The molecular formula is C13H5BrClF5. The Kier molecular flexibility index (Phi) is 4.34. The van der Waals surface area contributed by atoms with Gasteiger partial charge in [0.15, 0.2) is 23.3 Å². The first-order chi connectivity index (χ1) is 9.38. The van der Waals surface area contributed by atoms with Crippen LogP contribution in [0, 0.1) is 29.1 Å². The van der Waals surface area contributed by atoms with Crippen LogP contribution < -0.4 is 0 Å². The molecule has 0 aliphatic carbocycles. The van der Waals surface area contributed by atoms with Gasteiger partial charge < -0.3 is 0 Å². The van der Waals surface area contributed by atoms with Gasteiger partial charge in [-0.25, -0.2) is 22.0 Å². The van der Waals surface area contributed by atoms with Crippen molar-refractivity contribution < 1.29 is 22.0 Å². The van der Waals surface area contributed by atoms with Crippen LogP contribution in [-0.2, 0) is 5.33 Å². The summed E-state index contributed by atoms with van der Waals surface area (Å²) in [5, 5.41) is 0.587. The number of benzene rings is 2. The van der Waals surface area contributed by atoms with Crippen LogP contribution in [0.1, 0.15) is 5.56 Å². The second-order valence-corrected chi connectivity index (χ2v) is 4.85. The Bertz CT molecular complexity index is 658. The lowest BCUT2D eigenvalue weighted by molar-refractivity contribution is 0.381. The number of rotatable bonds is 2. The summed E-state index contributed by atoms with van der Waals surface area (Å²) in [4.78, 5) is 0. The Morgan fingerprint density at radius 3 is 1.85 bits per heavy atom. The second kappa shape index (κ2) is 5.69. The Labute approximate surface area is 124 Å². The van der Waals surface area contributed by atoms with Gasteiger partial charge in [-0.05, 0) is 23.3 Å². The zero-order valence-corrected chi connectivity index (χ0v) is 11.9. The molecule has 0 N–H and O–H groups in total. The Morgan fingerprint density at radius 1 is 0.850 bits per heavy atom. The number of hydrogen-bond acceptors (Lipinski definition) is 0. The lowest BCUT2D eigenvalue weighted by Gasteiger charge is -2.10. The van der Waals surface area contributed by atoms with E-state index in [0.717, 1.165) is 0 Å². The van der Waals surface area contributed by atoms with Crippen molar-refractivity contribution in [3.05, 3.63) is 57.9 Å². The van der Waals surface area contributed by atoms with Crippen LogP contribution >= 0.6 is 27.5 Å². The van der Waals surface area contributed by atoms with E-state index in [1.807, 2.05) is 0 Å². The van der Waals surface area contributed by atoms with E-state index in [0.29, 0.717) is 10.6 Å². The van der Waals surface area contributed by atoms with Crippen molar-refractivity contribution in [1.82, 2.24) is 0 Å². The van der Waals surface area contributed by atoms with E-state index in [4.69, 9.17) is 11.6 Å². The van der Waals surface area contributed by atoms with Crippen molar-refractivity contribution in [2.75, 3.05) is 0 Å². The van der Waals surface area contributed by atoms with Gasteiger partial charge in [-0.2, -0.15) is 0 Å². The molecule has 106 valence electrons. The van der Waals surface area contributed by atoms with Crippen LogP contribution in [0.25, 0.3) is 11.1 Å². The molecule has 0 aliphatic heterocycles. The lowest BCUT2D eigenvalue weighted by Crippen LogP contribution is -2.04. The summed E-state index contributed by atoms with van der Waals surface area (Å²) in [6, 6.07) is 3.77. The fourth-order valence-electron chi connectivity index (χ4n) is 1.69. The van der Waals surface area contributed by atoms with E-state index in [2.05, 4.69) is 15.9 Å². The molecule has 0 atom stereocenters. The predicted octanol–water partition coefficient (Wildman–Crippen LogP) is 5.60. The average molecular weight is 372 g/mol. The molecule has 0 saturated heterocycles. The molecular weight excluding hydrogens is 366 g/mol. The molecule has 0 bridgehead atoms. The summed E-state index contributed by atoms with van der Waals surface area (Å²) in [6.45, 7) is 0. The third-order valence-corrected chi connectivity index (χ3v) is 3.66. The minimum absolute atomic E-state index is 0.142. The second-order valence-electron chi connectivity index (χ2n) is 3.88. The number of hydrogen-bond donors (Lipinski definition) is 0. The van der Waals surface area contributed by atoms with E-state index in [1.54, 1.807) is 0 Å². The van der Waals surface area contributed by atoms with Crippen LogP contribution in [0.3, 0.4) is 0 Å². The summed E-state index contributed by atoms with van der Waals surface area (Å²) >= 11 is 8.94. The molecule has 7 heteroatoms. The summed E-state index contributed by atoms with van der Waals surface area (Å²) < 4.78 is 66.6. The molecule has 0 amide bonds. The molecule has 0 unspecified atom stereocenters. The van der Waals surface area contributed by atoms with Crippen molar-refractivity contribution in [2.45, 2.75) is 5.33 Å². The highest BCUT2D eigenvalue weighted by molar-refractivity contribution is 9.08. The molecule has 2 rings (SSSR count). The third-order valence-electron chi connectivity index (χ3n) is 2.69. The highest BCUT2D eigenvalue weighted by Crippen LogP contribution is 2.33.